The molecule has 0 saturated heterocycles. The number of hydrogen-bond acceptors (Lipinski definition) is 3. The second kappa shape index (κ2) is 5.70. The van der Waals surface area contributed by atoms with Gasteiger partial charge >= 0.3 is 5.97 Å². The molecule has 0 bridgehead atoms. The van der Waals surface area contributed by atoms with Gasteiger partial charge in [-0.25, -0.2) is 4.79 Å². The monoisotopic (exact) mass is 254 g/mol. The zero-order valence-electron chi connectivity index (χ0n) is 9.53. The molecule has 92 valence electrons. The summed E-state index contributed by atoms with van der Waals surface area (Å²) >= 11 is 0. The van der Waals surface area contributed by atoms with E-state index in [4.69, 9.17) is 10.5 Å². The number of H-pyrrole nitrogens is 1. The van der Waals surface area contributed by atoms with Crippen LogP contribution >= 0.6 is 12.4 Å². The summed E-state index contributed by atoms with van der Waals surface area (Å²) in [4.78, 5) is 14.7. The minimum absolute atomic E-state index is 0. The second-order valence-electron chi connectivity index (χ2n) is 3.45. The molecule has 1 heterocycles. The first-order chi connectivity index (χ1) is 7.77. The first-order valence-electron chi connectivity index (χ1n) is 5.24. The molecule has 0 unspecified atom stereocenters. The summed E-state index contributed by atoms with van der Waals surface area (Å²) in [6.07, 6.45) is 0. The van der Waals surface area contributed by atoms with E-state index in [1.807, 2.05) is 24.3 Å². The topological polar surface area (TPSA) is 68.1 Å². The summed E-state index contributed by atoms with van der Waals surface area (Å²) in [6.45, 7) is 2.46. The fourth-order valence-electron chi connectivity index (χ4n) is 1.79. The third-order valence-corrected chi connectivity index (χ3v) is 2.50. The van der Waals surface area contributed by atoms with Crippen LogP contribution < -0.4 is 5.73 Å². The molecule has 0 spiro atoms. The Morgan fingerprint density at radius 1 is 1.41 bits per heavy atom. The lowest BCUT2D eigenvalue weighted by atomic mass is 10.1. The molecule has 0 aliphatic carbocycles. The van der Waals surface area contributed by atoms with Gasteiger partial charge in [-0.1, -0.05) is 18.2 Å². The molecule has 0 fully saturated rings. The van der Waals surface area contributed by atoms with Gasteiger partial charge in [0.15, 0.2) is 0 Å². The third-order valence-electron chi connectivity index (χ3n) is 2.50. The first-order valence-corrected chi connectivity index (χ1v) is 5.24. The highest BCUT2D eigenvalue weighted by Crippen LogP contribution is 2.22. The van der Waals surface area contributed by atoms with Crippen molar-refractivity contribution in [2.24, 2.45) is 5.73 Å². The molecule has 2 aromatic rings. The number of aromatic nitrogens is 1. The van der Waals surface area contributed by atoms with E-state index < -0.39 is 0 Å². The van der Waals surface area contributed by atoms with Crippen molar-refractivity contribution in [3.8, 4) is 0 Å². The Labute approximate surface area is 106 Å². The van der Waals surface area contributed by atoms with Crippen LogP contribution in [0.1, 0.15) is 23.0 Å². The summed E-state index contributed by atoms with van der Waals surface area (Å²) in [5, 5.41) is 0.980. The van der Waals surface area contributed by atoms with Crippen LogP contribution in [-0.2, 0) is 11.3 Å². The Bertz CT molecular complexity index is 522. The van der Waals surface area contributed by atoms with E-state index in [2.05, 4.69) is 4.98 Å². The summed E-state index contributed by atoms with van der Waals surface area (Å²) in [6, 6.07) is 7.69. The molecule has 0 radical (unpaired) electrons. The van der Waals surface area contributed by atoms with E-state index in [0.29, 0.717) is 18.8 Å². The van der Waals surface area contributed by atoms with E-state index >= 15 is 0 Å². The number of hydrogen-bond donors (Lipinski definition) is 2. The van der Waals surface area contributed by atoms with E-state index in [1.54, 1.807) is 6.92 Å². The molecule has 1 aromatic heterocycles. The zero-order chi connectivity index (χ0) is 11.5. The maximum Gasteiger partial charge on any atom is 0.355 e. The Kier molecular flexibility index (Phi) is 4.54. The van der Waals surface area contributed by atoms with E-state index in [9.17, 15) is 4.79 Å². The molecular formula is C12H15ClN2O2. The lowest BCUT2D eigenvalue weighted by molar-refractivity contribution is 0.0519. The van der Waals surface area contributed by atoms with Crippen LogP contribution in [0.15, 0.2) is 24.3 Å². The molecule has 4 nitrogen and oxygen atoms in total. The normalized spacial score (nSPS) is 10.0. The Morgan fingerprint density at radius 2 is 2.12 bits per heavy atom. The van der Waals surface area contributed by atoms with Crippen molar-refractivity contribution in [1.29, 1.82) is 0 Å². The number of aromatic amines is 1. The fraction of sp³-hybridized carbons (Fsp3) is 0.250. The number of para-hydroxylation sites is 1. The summed E-state index contributed by atoms with van der Waals surface area (Å²) in [5.41, 5.74) is 7.85. The predicted octanol–water partition coefficient (Wildman–Crippen LogP) is 2.23. The molecule has 0 saturated carbocycles. The van der Waals surface area contributed by atoms with Gasteiger partial charge in [-0.3, -0.25) is 0 Å². The van der Waals surface area contributed by atoms with Crippen molar-refractivity contribution < 1.29 is 9.53 Å². The van der Waals surface area contributed by atoms with E-state index in [-0.39, 0.29) is 18.4 Å². The number of carbonyl (C=O) groups is 1. The predicted molar refractivity (Wildman–Crippen MR) is 69.4 cm³/mol. The van der Waals surface area contributed by atoms with Crippen molar-refractivity contribution in [3.05, 3.63) is 35.5 Å². The van der Waals surface area contributed by atoms with Crippen molar-refractivity contribution in [3.63, 3.8) is 0 Å². The molecule has 0 aliphatic rings. The van der Waals surface area contributed by atoms with Gasteiger partial charge in [0.2, 0.25) is 0 Å². The number of halogens is 1. The van der Waals surface area contributed by atoms with Crippen LogP contribution in [0, 0.1) is 0 Å². The number of benzene rings is 1. The quantitative estimate of drug-likeness (QED) is 0.826. The largest absolute Gasteiger partial charge is 0.461 e. The Hall–Kier alpha value is -1.52. The number of nitrogens with two attached hydrogens (primary N) is 1. The first kappa shape index (κ1) is 13.5. The average molecular weight is 255 g/mol. The fourth-order valence-corrected chi connectivity index (χ4v) is 1.79. The molecular weight excluding hydrogens is 240 g/mol. The van der Waals surface area contributed by atoms with Gasteiger partial charge in [0.25, 0.3) is 0 Å². The van der Waals surface area contributed by atoms with Gasteiger partial charge in [0.05, 0.1) is 6.61 Å². The molecule has 1 aromatic carbocycles. The molecule has 3 N–H and O–H groups in total. The highest BCUT2D eigenvalue weighted by molar-refractivity contribution is 5.98. The Morgan fingerprint density at radius 3 is 2.76 bits per heavy atom. The van der Waals surface area contributed by atoms with Gasteiger partial charge in [0.1, 0.15) is 5.69 Å². The molecule has 0 atom stereocenters. The van der Waals surface area contributed by atoms with Crippen LogP contribution in [0.2, 0.25) is 0 Å². The van der Waals surface area contributed by atoms with Crippen LogP contribution in [0.25, 0.3) is 10.9 Å². The standard InChI is InChI=1S/C12H14N2O2.ClH/c1-2-16-12(15)11-9(7-13)8-5-3-4-6-10(8)14-11;/h3-6,14H,2,7,13H2,1H3;1H. The maximum atomic E-state index is 11.7. The Balaban J connectivity index is 0.00000144. The number of rotatable bonds is 3. The lowest BCUT2D eigenvalue weighted by Gasteiger charge is -2.01. The number of fused-ring (bicyclic) bond motifs is 1. The highest BCUT2D eigenvalue weighted by atomic mass is 35.5. The lowest BCUT2D eigenvalue weighted by Crippen LogP contribution is -2.09. The number of esters is 1. The molecule has 0 amide bonds. The minimum Gasteiger partial charge on any atom is -0.461 e. The summed E-state index contributed by atoms with van der Waals surface area (Å²) < 4.78 is 4.97. The molecule has 2 rings (SSSR count). The SMILES string of the molecule is CCOC(=O)c1[nH]c2ccccc2c1CN.Cl. The minimum atomic E-state index is -0.348. The van der Waals surface area contributed by atoms with Crippen LogP contribution in [0.5, 0.6) is 0 Å². The third kappa shape index (κ3) is 2.43. The van der Waals surface area contributed by atoms with E-state index in [0.717, 1.165) is 16.5 Å². The number of carbonyl (C=O) groups excluding carboxylic acids is 1. The molecule has 5 heteroatoms. The van der Waals surface area contributed by atoms with Crippen LogP contribution in [0.4, 0.5) is 0 Å². The smallest absolute Gasteiger partial charge is 0.355 e. The molecule has 17 heavy (non-hydrogen) atoms. The van der Waals surface area contributed by atoms with E-state index in [1.165, 1.54) is 0 Å². The van der Waals surface area contributed by atoms with Gasteiger partial charge in [-0.05, 0) is 13.0 Å². The van der Waals surface area contributed by atoms with Crippen molar-refractivity contribution >= 4 is 29.3 Å². The molecule has 0 aliphatic heterocycles. The zero-order valence-corrected chi connectivity index (χ0v) is 10.3. The second-order valence-corrected chi connectivity index (χ2v) is 3.45. The maximum absolute atomic E-state index is 11.7. The van der Waals surface area contributed by atoms with Gasteiger partial charge in [-0.15, -0.1) is 12.4 Å². The van der Waals surface area contributed by atoms with Crippen LogP contribution in [-0.4, -0.2) is 17.6 Å². The highest BCUT2D eigenvalue weighted by Gasteiger charge is 2.16. The summed E-state index contributed by atoms with van der Waals surface area (Å²) in [7, 11) is 0. The van der Waals surface area contributed by atoms with Crippen molar-refractivity contribution in [2.75, 3.05) is 6.61 Å². The van der Waals surface area contributed by atoms with Gasteiger partial charge in [0, 0.05) is 23.0 Å². The number of nitrogens with one attached hydrogen (secondary N) is 1. The van der Waals surface area contributed by atoms with Crippen LogP contribution in [0.3, 0.4) is 0 Å². The van der Waals surface area contributed by atoms with Crippen molar-refractivity contribution in [2.45, 2.75) is 13.5 Å². The van der Waals surface area contributed by atoms with Gasteiger partial charge < -0.3 is 15.5 Å². The van der Waals surface area contributed by atoms with Crippen molar-refractivity contribution in [1.82, 2.24) is 4.98 Å². The van der Waals surface area contributed by atoms with Gasteiger partial charge in [-0.2, -0.15) is 0 Å². The summed E-state index contributed by atoms with van der Waals surface area (Å²) in [5.74, 6) is -0.348. The average Bonchev–Trinajstić information content (AvgIpc) is 2.67. The number of ether oxygens (including phenoxy) is 1.